The lowest BCUT2D eigenvalue weighted by molar-refractivity contribution is -0.150. The first-order valence-corrected chi connectivity index (χ1v) is 7.02. The summed E-state index contributed by atoms with van der Waals surface area (Å²) < 4.78 is 0. The number of amides is 1. The van der Waals surface area contributed by atoms with E-state index < -0.39 is 5.60 Å². The highest BCUT2D eigenvalue weighted by Gasteiger charge is 2.36. The van der Waals surface area contributed by atoms with Gasteiger partial charge in [-0.15, -0.1) is 0 Å². The van der Waals surface area contributed by atoms with Crippen molar-refractivity contribution in [1.82, 2.24) is 4.90 Å². The molecule has 2 rings (SSSR count). The van der Waals surface area contributed by atoms with Gasteiger partial charge in [-0.3, -0.25) is 4.79 Å². The van der Waals surface area contributed by atoms with Gasteiger partial charge >= 0.3 is 0 Å². The molecule has 2 aromatic rings. The Hall–Kier alpha value is -1.87. The molecule has 1 amide bonds. The maximum Gasteiger partial charge on any atom is 0.258 e. The Morgan fingerprint density at radius 2 is 1.70 bits per heavy atom. The Labute approximate surface area is 119 Å². The molecule has 0 aliphatic heterocycles. The first-order valence-electron chi connectivity index (χ1n) is 7.02. The van der Waals surface area contributed by atoms with E-state index in [0.717, 1.165) is 10.8 Å². The Balaban J connectivity index is 2.54. The van der Waals surface area contributed by atoms with Gasteiger partial charge in [-0.1, -0.05) is 42.5 Å². The normalized spacial score (nSPS) is 14.0. The first-order chi connectivity index (χ1) is 9.52. The predicted octanol–water partition coefficient (Wildman–Crippen LogP) is 2.92. The van der Waals surface area contributed by atoms with Crippen LogP contribution in [-0.2, 0) is 10.4 Å². The fraction of sp³-hybridized carbons (Fsp3) is 0.353. The van der Waals surface area contributed by atoms with Gasteiger partial charge in [-0.2, -0.15) is 0 Å². The molecule has 0 aliphatic rings. The zero-order chi connectivity index (χ0) is 14.8. The van der Waals surface area contributed by atoms with Gasteiger partial charge < -0.3 is 10.0 Å². The average Bonchev–Trinajstić information content (AvgIpc) is 2.47. The van der Waals surface area contributed by atoms with Gasteiger partial charge in [-0.05, 0) is 31.5 Å². The maximum atomic E-state index is 12.5. The summed E-state index contributed by atoms with van der Waals surface area (Å²) in [5.41, 5.74) is -0.847. The second kappa shape index (κ2) is 5.63. The lowest BCUT2D eigenvalue weighted by Gasteiger charge is -2.30. The van der Waals surface area contributed by atoms with Crippen LogP contribution in [0.1, 0.15) is 26.3 Å². The molecule has 0 saturated heterocycles. The number of nitrogens with zero attached hydrogens (tertiary/aromatic N) is 1. The highest BCUT2D eigenvalue weighted by molar-refractivity contribution is 5.94. The number of carbonyl (C=O) groups is 1. The summed E-state index contributed by atoms with van der Waals surface area (Å²) >= 11 is 0. The molecule has 3 nitrogen and oxygen atoms in total. The Morgan fingerprint density at radius 1 is 1.10 bits per heavy atom. The molecule has 0 fully saturated rings. The lowest BCUT2D eigenvalue weighted by atomic mass is 9.89. The van der Waals surface area contributed by atoms with Gasteiger partial charge in [-0.25, -0.2) is 0 Å². The second-order valence-corrected chi connectivity index (χ2v) is 5.08. The number of fused-ring (bicyclic) bond motifs is 1. The maximum absolute atomic E-state index is 12.5. The molecule has 1 atom stereocenters. The molecular formula is C17H21NO2. The third-order valence-corrected chi connectivity index (χ3v) is 3.78. The van der Waals surface area contributed by atoms with Gasteiger partial charge in [0, 0.05) is 18.7 Å². The van der Waals surface area contributed by atoms with Crippen LogP contribution in [0.2, 0.25) is 0 Å². The van der Waals surface area contributed by atoms with Gasteiger partial charge in [0.05, 0.1) is 0 Å². The number of carbonyl (C=O) groups excluding carboxylic acids is 1. The Bertz CT molecular complexity index is 610. The molecule has 0 aromatic heterocycles. The summed E-state index contributed by atoms with van der Waals surface area (Å²) in [6.07, 6.45) is 0. The summed E-state index contributed by atoms with van der Waals surface area (Å²) in [4.78, 5) is 14.2. The predicted molar refractivity (Wildman–Crippen MR) is 81.4 cm³/mol. The van der Waals surface area contributed by atoms with Crippen LogP contribution in [0.15, 0.2) is 42.5 Å². The fourth-order valence-corrected chi connectivity index (χ4v) is 2.58. The minimum Gasteiger partial charge on any atom is -0.375 e. The number of aliphatic hydroxyl groups is 1. The highest BCUT2D eigenvalue weighted by Crippen LogP contribution is 2.30. The van der Waals surface area contributed by atoms with Crippen molar-refractivity contribution in [3.63, 3.8) is 0 Å². The van der Waals surface area contributed by atoms with Gasteiger partial charge in [0.25, 0.3) is 5.91 Å². The number of hydrogen-bond donors (Lipinski definition) is 1. The fourth-order valence-electron chi connectivity index (χ4n) is 2.58. The molecule has 1 unspecified atom stereocenters. The van der Waals surface area contributed by atoms with E-state index in [9.17, 15) is 9.90 Å². The summed E-state index contributed by atoms with van der Waals surface area (Å²) in [5.74, 6) is -0.251. The van der Waals surface area contributed by atoms with E-state index in [1.807, 2.05) is 56.3 Å². The van der Waals surface area contributed by atoms with Crippen molar-refractivity contribution in [3.05, 3.63) is 48.0 Å². The molecule has 0 radical (unpaired) electrons. The van der Waals surface area contributed by atoms with Crippen LogP contribution in [0.4, 0.5) is 0 Å². The molecule has 0 spiro atoms. The summed E-state index contributed by atoms with van der Waals surface area (Å²) in [5, 5.41) is 12.7. The van der Waals surface area contributed by atoms with Crippen molar-refractivity contribution in [2.45, 2.75) is 26.4 Å². The van der Waals surface area contributed by atoms with Crippen LogP contribution < -0.4 is 0 Å². The highest BCUT2D eigenvalue weighted by atomic mass is 16.3. The van der Waals surface area contributed by atoms with Crippen LogP contribution in [-0.4, -0.2) is 29.0 Å². The molecule has 1 N–H and O–H groups in total. The molecule has 0 bridgehead atoms. The first kappa shape index (κ1) is 14.5. The minimum absolute atomic E-state index is 0.251. The van der Waals surface area contributed by atoms with Crippen molar-refractivity contribution in [2.75, 3.05) is 13.1 Å². The van der Waals surface area contributed by atoms with E-state index in [-0.39, 0.29) is 5.91 Å². The Morgan fingerprint density at radius 3 is 2.35 bits per heavy atom. The van der Waals surface area contributed by atoms with Crippen molar-refractivity contribution >= 4 is 16.7 Å². The molecule has 0 aliphatic carbocycles. The minimum atomic E-state index is -1.51. The summed E-state index contributed by atoms with van der Waals surface area (Å²) in [6, 6.07) is 13.5. The monoisotopic (exact) mass is 271 g/mol. The van der Waals surface area contributed by atoms with Gasteiger partial charge in [0.15, 0.2) is 5.60 Å². The van der Waals surface area contributed by atoms with E-state index in [2.05, 4.69) is 0 Å². The summed E-state index contributed by atoms with van der Waals surface area (Å²) in [7, 11) is 0. The van der Waals surface area contributed by atoms with Crippen LogP contribution >= 0.6 is 0 Å². The van der Waals surface area contributed by atoms with Crippen LogP contribution in [0.5, 0.6) is 0 Å². The standard InChI is InChI=1S/C17H21NO2/c1-4-18(5-2)16(19)17(3,20)15-12-8-10-13-9-6-7-11-14(13)15/h6-12,20H,4-5H2,1-3H3. The Kier molecular flexibility index (Phi) is 4.09. The van der Waals surface area contributed by atoms with Crippen LogP contribution in [0, 0.1) is 0 Å². The zero-order valence-electron chi connectivity index (χ0n) is 12.3. The molecule has 2 aromatic carbocycles. The summed E-state index contributed by atoms with van der Waals surface area (Å²) in [6.45, 7) is 6.60. The number of hydrogen-bond acceptors (Lipinski definition) is 2. The van der Waals surface area contributed by atoms with E-state index in [4.69, 9.17) is 0 Å². The largest absolute Gasteiger partial charge is 0.375 e. The van der Waals surface area contributed by atoms with E-state index in [1.54, 1.807) is 11.8 Å². The molecule has 0 saturated carbocycles. The smallest absolute Gasteiger partial charge is 0.258 e. The molecule has 106 valence electrons. The third kappa shape index (κ3) is 2.41. The molecule has 3 heteroatoms. The van der Waals surface area contributed by atoms with Crippen LogP contribution in [0.25, 0.3) is 10.8 Å². The van der Waals surface area contributed by atoms with Crippen molar-refractivity contribution in [2.24, 2.45) is 0 Å². The topological polar surface area (TPSA) is 40.5 Å². The molecule has 20 heavy (non-hydrogen) atoms. The van der Waals surface area contributed by atoms with Crippen molar-refractivity contribution in [1.29, 1.82) is 0 Å². The third-order valence-electron chi connectivity index (χ3n) is 3.78. The number of likely N-dealkylation sites (N-methyl/N-ethyl adjacent to an activating group) is 1. The van der Waals surface area contributed by atoms with Crippen LogP contribution in [0.3, 0.4) is 0 Å². The molecular weight excluding hydrogens is 250 g/mol. The van der Waals surface area contributed by atoms with Crippen molar-refractivity contribution < 1.29 is 9.90 Å². The van der Waals surface area contributed by atoms with E-state index >= 15 is 0 Å². The zero-order valence-corrected chi connectivity index (χ0v) is 12.3. The van der Waals surface area contributed by atoms with E-state index in [1.165, 1.54) is 0 Å². The second-order valence-electron chi connectivity index (χ2n) is 5.08. The van der Waals surface area contributed by atoms with Crippen molar-refractivity contribution in [3.8, 4) is 0 Å². The average molecular weight is 271 g/mol. The van der Waals surface area contributed by atoms with Gasteiger partial charge in [0.2, 0.25) is 0 Å². The van der Waals surface area contributed by atoms with Gasteiger partial charge in [0.1, 0.15) is 0 Å². The number of benzene rings is 2. The SMILES string of the molecule is CCN(CC)C(=O)C(C)(O)c1cccc2ccccc12. The lowest BCUT2D eigenvalue weighted by Crippen LogP contribution is -2.45. The number of rotatable bonds is 4. The molecule has 0 heterocycles. The quantitative estimate of drug-likeness (QED) is 0.929. The van der Waals surface area contributed by atoms with E-state index in [0.29, 0.717) is 18.7 Å².